The zero-order chi connectivity index (χ0) is 20.5. The molecule has 5 nitrogen and oxygen atoms in total. The summed E-state index contributed by atoms with van der Waals surface area (Å²) < 4.78 is 0. The molecule has 0 aliphatic carbocycles. The molecule has 0 bridgehead atoms. The second-order valence-electron chi connectivity index (χ2n) is 7.09. The molecule has 0 saturated heterocycles. The lowest BCUT2D eigenvalue weighted by atomic mass is 10.1. The monoisotopic (exact) mass is 384 g/mol. The molecule has 4 rings (SSSR count). The lowest BCUT2D eigenvalue weighted by Gasteiger charge is -2.27. The molecule has 0 unspecified atom stereocenters. The average Bonchev–Trinajstić information content (AvgIpc) is 2.99. The first kappa shape index (κ1) is 18.6. The minimum absolute atomic E-state index is 0.150. The Labute approximate surface area is 169 Å². The number of carbonyl (C=O) groups excluding carboxylic acids is 3. The molecule has 0 atom stereocenters. The van der Waals surface area contributed by atoms with Crippen molar-refractivity contribution < 1.29 is 14.4 Å². The highest BCUT2D eigenvalue weighted by atomic mass is 16.2. The number of anilines is 1. The summed E-state index contributed by atoms with van der Waals surface area (Å²) in [6, 6.07) is 21.2. The SMILES string of the molecule is Cc1ccc(N(CN2C(=O)c3ccccc3C2=O)C(=O)c2ccccc2)cc1C. The van der Waals surface area contributed by atoms with Gasteiger partial charge in [-0.2, -0.15) is 0 Å². The van der Waals surface area contributed by atoms with E-state index in [1.165, 1.54) is 4.90 Å². The molecule has 0 fully saturated rings. The predicted octanol–water partition coefficient (Wildman–Crippen LogP) is 4.20. The van der Waals surface area contributed by atoms with Crippen LogP contribution in [0.5, 0.6) is 0 Å². The summed E-state index contributed by atoms with van der Waals surface area (Å²) in [5.41, 5.74) is 3.98. The Bertz CT molecular complexity index is 1090. The fraction of sp³-hybridized carbons (Fsp3) is 0.125. The third kappa shape index (κ3) is 3.31. The highest BCUT2D eigenvalue weighted by Gasteiger charge is 2.37. The average molecular weight is 384 g/mol. The Kier molecular flexibility index (Phi) is 4.72. The van der Waals surface area contributed by atoms with Crippen LogP contribution in [0.1, 0.15) is 42.2 Å². The lowest BCUT2D eigenvalue weighted by molar-refractivity contribution is 0.0650. The van der Waals surface area contributed by atoms with Gasteiger partial charge in [0.25, 0.3) is 17.7 Å². The van der Waals surface area contributed by atoms with Crippen molar-refractivity contribution in [2.75, 3.05) is 11.6 Å². The number of benzene rings is 3. The number of amides is 3. The van der Waals surface area contributed by atoms with Crippen LogP contribution >= 0.6 is 0 Å². The Morgan fingerprint density at radius 3 is 1.97 bits per heavy atom. The molecule has 0 spiro atoms. The third-order valence-electron chi connectivity index (χ3n) is 5.23. The number of carbonyl (C=O) groups is 3. The fourth-order valence-corrected chi connectivity index (χ4v) is 3.40. The summed E-state index contributed by atoms with van der Waals surface area (Å²) in [5.74, 6) is -1.05. The van der Waals surface area contributed by atoms with Crippen molar-refractivity contribution in [3.8, 4) is 0 Å². The van der Waals surface area contributed by atoms with E-state index in [4.69, 9.17) is 0 Å². The van der Waals surface area contributed by atoms with Crippen molar-refractivity contribution in [1.82, 2.24) is 4.90 Å². The van der Waals surface area contributed by atoms with Gasteiger partial charge in [-0.1, -0.05) is 36.4 Å². The number of fused-ring (bicyclic) bond motifs is 1. The normalized spacial score (nSPS) is 12.8. The van der Waals surface area contributed by atoms with Crippen LogP contribution in [0.25, 0.3) is 0 Å². The molecule has 1 aliphatic rings. The van der Waals surface area contributed by atoms with Gasteiger partial charge in [-0.15, -0.1) is 0 Å². The molecule has 144 valence electrons. The Hall–Kier alpha value is -3.73. The maximum Gasteiger partial charge on any atom is 0.263 e. The van der Waals surface area contributed by atoms with Crippen molar-refractivity contribution in [2.45, 2.75) is 13.8 Å². The molecule has 3 aromatic rings. The van der Waals surface area contributed by atoms with Crippen LogP contribution in [0.4, 0.5) is 5.69 Å². The standard InChI is InChI=1S/C24H20N2O3/c1-16-12-13-19(14-17(16)2)25(22(27)18-8-4-3-5-9-18)15-26-23(28)20-10-6-7-11-21(20)24(26)29/h3-14H,15H2,1-2H3. The number of aryl methyl sites for hydroxylation is 2. The smallest absolute Gasteiger partial charge is 0.263 e. The van der Waals surface area contributed by atoms with Crippen molar-refractivity contribution in [3.05, 3.63) is 101 Å². The Morgan fingerprint density at radius 1 is 0.793 bits per heavy atom. The summed E-state index contributed by atoms with van der Waals surface area (Å²) in [5, 5.41) is 0. The van der Waals surface area contributed by atoms with E-state index in [0.717, 1.165) is 16.0 Å². The van der Waals surface area contributed by atoms with Crippen LogP contribution in [-0.4, -0.2) is 29.3 Å². The highest BCUT2D eigenvalue weighted by molar-refractivity contribution is 6.22. The van der Waals surface area contributed by atoms with Crippen LogP contribution in [0.3, 0.4) is 0 Å². The van der Waals surface area contributed by atoms with Gasteiger partial charge in [0.1, 0.15) is 6.67 Å². The van der Waals surface area contributed by atoms with Crippen molar-refractivity contribution >= 4 is 23.4 Å². The first-order valence-electron chi connectivity index (χ1n) is 9.37. The zero-order valence-corrected chi connectivity index (χ0v) is 16.3. The number of nitrogens with zero attached hydrogens (tertiary/aromatic N) is 2. The minimum Gasteiger partial charge on any atom is -0.290 e. The summed E-state index contributed by atoms with van der Waals surface area (Å²) in [7, 11) is 0. The second-order valence-corrected chi connectivity index (χ2v) is 7.09. The Balaban J connectivity index is 1.73. The van der Waals surface area contributed by atoms with E-state index in [2.05, 4.69) is 0 Å². The molecule has 3 amide bonds. The number of rotatable bonds is 4. The van der Waals surface area contributed by atoms with Crippen LogP contribution in [-0.2, 0) is 0 Å². The van der Waals surface area contributed by atoms with E-state index in [1.807, 2.05) is 38.1 Å². The van der Waals surface area contributed by atoms with Gasteiger partial charge in [0.2, 0.25) is 0 Å². The summed E-state index contributed by atoms with van der Waals surface area (Å²) >= 11 is 0. The molecular weight excluding hydrogens is 364 g/mol. The quantitative estimate of drug-likeness (QED) is 0.634. The van der Waals surface area contributed by atoms with Crippen molar-refractivity contribution in [1.29, 1.82) is 0 Å². The van der Waals surface area contributed by atoms with Gasteiger partial charge in [0.15, 0.2) is 0 Å². The molecule has 3 aromatic carbocycles. The third-order valence-corrected chi connectivity index (χ3v) is 5.23. The highest BCUT2D eigenvalue weighted by Crippen LogP contribution is 2.26. The molecule has 1 aliphatic heterocycles. The first-order valence-corrected chi connectivity index (χ1v) is 9.37. The summed E-state index contributed by atoms with van der Waals surface area (Å²) in [6.45, 7) is 3.81. The summed E-state index contributed by atoms with van der Waals surface area (Å²) in [6.07, 6.45) is 0. The lowest BCUT2D eigenvalue weighted by Crippen LogP contribution is -2.44. The maximum absolute atomic E-state index is 13.3. The minimum atomic E-state index is -0.389. The first-order chi connectivity index (χ1) is 14.0. The number of imide groups is 1. The van der Waals surface area contributed by atoms with Gasteiger partial charge in [-0.3, -0.25) is 24.2 Å². The molecule has 1 heterocycles. The number of hydrogen-bond donors (Lipinski definition) is 0. The van der Waals surface area contributed by atoms with E-state index in [0.29, 0.717) is 22.4 Å². The van der Waals surface area contributed by atoms with Crippen LogP contribution < -0.4 is 4.90 Å². The van der Waals surface area contributed by atoms with Gasteiger partial charge >= 0.3 is 0 Å². The van der Waals surface area contributed by atoms with Crippen LogP contribution in [0.2, 0.25) is 0 Å². The van der Waals surface area contributed by atoms with E-state index in [1.54, 1.807) is 48.5 Å². The van der Waals surface area contributed by atoms with Crippen LogP contribution in [0.15, 0.2) is 72.8 Å². The topological polar surface area (TPSA) is 57.7 Å². The largest absolute Gasteiger partial charge is 0.290 e. The van der Waals surface area contributed by atoms with E-state index in [-0.39, 0.29) is 24.4 Å². The van der Waals surface area contributed by atoms with Gasteiger partial charge in [-0.25, -0.2) is 0 Å². The van der Waals surface area contributed by atoms with Gasteiger partial charge in [0, 0.05) is 11.3 Å². The van der Waals surface area contributed by atoms with Crippen molar-refractivity contribution in [3.63, 3.8) is 0 Å². The Morgan fingerprint density at radius 2 is 1.38 bits per heavy atom. The molecule has 0 N–H and O–H groups in total. The van der Waals surface area contributed by atoms with Gasteiger partial charge < -0.3 is 0 Å². The van der Waals surface area contributed by atoms with E-state index in [9.17, 15) is 14.4 Å². The molecule has 0 aromatic heterocycles. The molecule has 0 saturated carbocycles. The van der Waals surface area contributed by atoms with Crippen molar-refractivity contribution in [2.24, 2.45) is 0 Å². The van der Waals surface area contributed by atoms with E-state index >= 15 is 0 Å². The van der Waals surface area contributed by atoms with E-state index < -0.39 is 0 Å². The molecule has 29 heavy (non-hydrogen) atoms. The zero-order valence-electron chi connectivity index (χ0n) is 16.3. The van der Waals surface area contributed by atoms with Gasteiger partial charge in [-0.05, 0) is 61.4 Å². The summed E-state index contributed by atoms with van der Waals surface area (Å²) in [4.78, 5) is 41.5. The second kappa shape index (κ2) is 7.36. The maximum atomic E-state index is 13.3. The predicted molar refractivity (Wildman–Crippen MR) is 111 cm³/mol. The van der Waals surface area contributed by atoms with Gasteiger partial charge in [0.05, 0.1) is 11.1 Å². The fourth-order valence-electron chi connectivity index (χ4n) is 3.40. The molecule has 0 radical (unpaired) electrons. The van der Waals surface area contributed by atoms with Crippen LogP contribution in [0, 0.1) is 13.8 Å². The number of hydrogen-bond acceptors (Lipinski definition) is 3. The molecule has 5 heteroatoms. The molecular formula is C24H20N2O3.